The molecular formula is C13H20BrClN2O. The van der Waals surface area contributed by atoms with Gasteiger partial charge in [0.25, 0.3) is 0 Å². The monoisotopic (exact) mass is 334 g/mol. The third kappa shape index (κ3) is 3.43. The molecule has 1 rings (SSSR count). The summed E-state index contributed by atoms with van der Waals surface area (Å²) in [6.45, 7) is 8.79. The summed E-state index contributed by atoms with van der Waals surface area (Å²) in [5.74, 6) is 0.670. The van der Waals surface area contributed by atoms with Crippen LogP contribution in [0.15, 0.2) is 4.47 Å². The van der Waals surface area contributed by atoms with E-state index in [2.05, 4.69) is 39.7 Å². The molecule has 1 unspecified atom stereocenters. The first-order valence-electron chi connectivity index (χ1n) is 6.34. The molecule has 0 fully saturated rings. The van der Waals surface area contributed by atoms with Crippen LogP contribution in [0, 0.1) is 0 Å². The van der Waals surface area contributed by atoms with E-state index in [0.717, 1.165) is 29.4 Å². The number of halogens is 2. The number of hydrogen-bond acceptors (Lipinski definition) is 3. The normalized spacial score (nSPS) is 14.6. The first-order chi connectivity index (χ1) is 8.48. The molecule has 0 aliphatic rings. The number of aromatic nitrogens is 2. The Labute approximate surface area is 122 Å². The van der Waals surface area contributed by atoms with Gasteiger partial charge in [-0.25, -0.2) is 9.97 Å². The van der Waals surface area contributed by atoms with Gasteiger partial charge in [-0.15, -0.1) is 0 Å². The highest BCUT2D eigenvalue weighted by atomic mass is 79.9. The second-order valence-electron chi connectivity index (χ2n) is 4.37. The van der Waals surface area contributed by atoms with Gasteiger partial charge in [0.2, 0.25) is 0 Å². The predicted molar refractivity (Wildman–Crippen MR) is 78.0 cm³/mol. The van der Waals surface area contributed by atoms with Gasteiger partial charge in [0.05, 0.1) is 10.2 Å². The zero-order chi connectivity index (χ0) is 13.8. The minimum absolute atomic E-state index is 0.461. The fraction of sp³-hybridized carbons (Fsp3) is 0.692. The van der Waals surface area contributed by atoms with Crippen molar-refractivity contribution in [1.29, 1.82) is 0 Å². The summed E-state index contributed by atoms with van der Waals surface area (Å²) in [4.78, 5) is 8.98. The Bertz CT molecular complexity index is 414. The number of rotatable bonds is 6. The van der Waals surface area contributed by atoms with Crippen molar-refractivity contribution in [2.75, 3.05) is 6.61 Å². The largest absolute Gasteiger partial charge is 0.368 e. The lowest BCUT2D eigenvalue weighted by Gasteiger charge is -2.27. The van der Waals surface area contributed by atoms with Crippen molar-refractivity contribution in [2.45, 2.75) is 52.6 Å². The Kier molecular flexibility index (Phi) is 6.02. The van der Waals surface area contributed by atoms with Crippen LogP contribution in [0.25, 0.3) is 0 Å². The van der Waals surface area contributed by atoms with Crippen LogP contribution in [0.3, 0.4) is 0 Å². The maximum atomic E-state index is 6.16. The fourth-order valence-electron chi connectivity index (χ4n) is 1.75. The molecule has 1 heterocycles. The molecule has 0 saturated carbocycles. The number of ether oxygens (including phenoxy) is 1. The van der Waals surface area contributed by atoms with E-state index in [0.29, 0.717) is 17.6 Å². The molecule has 1 atom stereocenters. The maximum Gasteiger partial charge on any atom is 0.161 e. The smallest absolute Gasteiger partial charge is 0.161 e. The molecule has 3 nitrogen and oxygen atoms in total. The Morgan fingerprint density at radius 2 is 1.94 bits per heavy atom. The summed E-state index contributed by atoms with van der Waals surface area (Å²) in [7, 11) is 0. The topological polar surface area (TPSA) is 35.0 Å². The molecule has 0 aromatic carbocycles. The van der Waals surface area contributed by atoms with Crippen LogP contribution in [-0.4, -0.2) is 16.6 Å². The molecule has 1 aromatic heterocycles. The zero-order valence-electron chi connectivity index (χ0n) is 11.4. The van der Waals surface area contributed by atoms with Gasteiger partial charge in [0.15, 0.2) is 5.82 Å². The number of hydrogen-bond donors (Lipinski definition) is 0. The lowest BCUT2D eigenvalue weighted by Crippen LogP contribution is -2.28. The lowest BCUT2D eigenvalue weighted by molar-refractivity contribution is -0.0392. The number of aryl methyl sites for hydroxylation is 1. The summed E-state index contributed by atoms with van der Waals surface area (Å²) in [5.41, 5.74) is 0.480. The second kappa shape index (κ2) is 6.83. The summed E-state index contributed by atoms with van der Waals surface area (Å²) in [6, 6.07) is 0. The molecule has 0 bridgehead atoms. The minimum Gasteiger partial charge on any atom is -0.368 e. The van der Waals surface area contributed by atoms with Gasteiger partial charge in [-0.05, 0) is 42.6 Å². The van der Waals surface area contributed by atoms with Crippen molar-refractivity contribution in [2.24, 2.45) is 0 Å². The van der Waals surface area contributed by atoms with E-state index in [9.17, 15) is 0 Å². The van der Waals surface area contributed by atoms with Crippen molar-refractivity contribution in [3.8, 4) is 0 Å². The predicted octanol–water partition coefficient (Wildman–Crippen LogP) is 4.51. The highest BCUT2D eigenvalue weighted by Crippen LogP contribution is 2.31. The zero-order valence-corrected chi connectivity index (χ0v) is 13.7. The van der Waals surface area contributed by atoms with Crippen LogP contribution in [-0.2, 0) is 16.8 Å². The Balaban J connectivity index is 3.23. The van der Waals surface area contributed by atoms with Crippen molar-refractivity contribution < 1.29 is 4.74 Å². The Morgan fingerprint density at radius 1 is 1.28 bits per heavy atom. The first-order valence-corrected chi connectivity index (χ1v) is 7.51. The van der Waals surface area contributed by atoms with Crippen LogP contribution < -0.4 is 0 Å². The van der Waals surface area contributed by atoms with Crippen LogP contribution in [0.1, 0.15) is 52.1 Å². The van der Waals surface area contributed by atoms with Crippen molar-refractivity contribution in [3.63, 3.8) is 0 Å². The highest BCUT2D eigenvalue weighted by Gasteiger charge is 2.29. The van der Waals surface area contributed by atoms with Crippen LogP contribution in [0.5, 0.6) is 0 Å². The molecule has 102 valence electrons. The first kappa shape index (κ1) is 15.9. The standard InChI is InChI=1S/C13H20BrClN2O/c1-5-8-9-10(14)11(15)17-12(16-9)13(4,6-2)18-7-3/h5-8H2,1-4H3. The molecule has 0 aliphatic carbocycles. The third-order valence-electron chi connectivity index (χ3n) is 2.98. The molecule has 0 N–H and O–H groups in total. The number of nitrogens with zero attached hydrogens (tertiary/aromatic N) is 2. The van der Waals surface area contributed by atoms with Gasteiger partial charge in [-0.3, -0.25) is 0 Å². The van der Waals surface area contributed by atoms with Gasteiger partial charge in [0, 0.05) is 6.61 Å². The van der Waals surface area contributed by atoms with E-state index in [4.69, 9.17) is 16.3 Å². The molecule has 0 aliphatic heterocycles. The summed E-state index contributed by atoms with van der Waals surface area (Å²) in [6.07, 6.45) is 2.70. The molecule has 0 radical (unpaired) electrons. The molecular weight excluding hydrogens is 316 g/mol. The summed E-state index contributed by atoms with van der Waals surface area (Å²) < 4.78 is 6.59. The fourth-order valence-corrected chi connectivity index (χ4v) is 2.31. The maximum absolute atomic E-state index is 6.16. The third-order valence-corrected chi connectivity index (χ3v) is 4.31. The second-order valence-corrected chi connectivity index (χ2v) is 5.52. The van der Waals surface area contributed by atoms with E-state index in [1.165, 1.54) is 0 Å². The van der Waals surface area contributed by atoms with Gasteiger partial charge in [-0.1, -0.05) is 31.9 Å². The Morgan fingerprint density at radius 3 is 2.44 bits per heavy atom. The van der Waals surface area contributed by atoms with Gasteiger partial charge in [-0.2, -0.15) is 0 Å². The molecule has 1 aromatic rings. The molecule has 0 saturated heterocycles. The quantitative estimate of drug-likeness (QED) is 0.718. The van der Waals surface area contributed by atoms with Gasteiger partial charge in [0.1, 0.15) is 10.8 Å². The van der Waals surface area contributed by atoms with Crippen molar-refractivity contribution in [1.82, 2.24) is 9.97 Å². The van der Waals surface area contributed by atoms with E-state index in [-0.39, 0.29) is 0 Å². The Hall–Kier alpha value is -0.190. The van der Waals surface area contributed by atoms with Gasteiger partial charge < -0.3 is 4.74 Å². The van der Waals surface area contributed by atoms with Crippen LogP contribution in [0.2, 0.25) is 5.15 Å². The molecule has 18 heavy (non-hydrogen) atoms. The van der Waals surface area contributed by atoms with Crippen LogP contribution in [0.4, 0.5) is 0 Å². The van der Waals surface area contributed by atoms with E-state index < -0.39 is 5.60 Å². The molecule has 0 spiro atoms. The summed E-state index contributed by atoms with van der Waals surface area (Å²) in [5, 5.41) is 0.461. The molecule has 5 heteroatoms. The van der Waals surface area contributed by atoms with Crippen molar-refractivity contribution >= 4 is 27.5 Å². The lowest BCUT2D eigenvalue weighted by atomic mass is 10.0. The minimum atomic E-state index is -0.471. The highest BCUT2D eigenvalue weighted by molar-refractivity contribution is 9.10. The average Bonchev–Trinajstić information content (AvgIpc) is 2.35. The van der Waals surface area contributed by atoms with Crippen LogP contribution >= 0.6 is 27.5 Å². The van der Waals surface area contributed by atoms with E-state index >= 15 is 0 Å². The van der Waals surface area contributed by atoms with Gasteiger partial charge >= 0.3 is 0 Å². The summed E-state index contributed by atoms with van der Waals surface area (Å²) >= 11 is 9.61. The van der Waals surface area contributed by atoms with E-state index in [1.54, 1.807) is 0 Å². The average molecular weight is 336 g/mol. The molecule has 0 amide bonds. The van der Waals surface area contributed by atoms with E-state index in [1.807, 2.05) is 13.8 Å². The van der Waals surface area contributed by atoms with Crippen molar-refractivity contribution in [3.05, 3.63) is 21.1 Å². The SMILES string of the molecule is CCCc1nc(C(C)(CC)OCC)nc(Cl)c1Br.